The molecule has 0 saturated heterocycles. The lowest BCUT2D eigenvalue weighted by Crippen LogP contribution is -2.07. The molecule has 3 aromatic carbocycles. The fourth-order valence-corrected chi connectivity index (χ4v) is 3.54. The maximum absolute atomic E-state index is 12.1. The van der Waals surface area contributed by atoms with Crippen molar-refractivity contribution in [3.8, 4) is 11.1 Å². The smallest absolute Gasteiger partial charge is 0.313 e. The normalized spacial score (nSPS) is 11.2. The van der Waals surface area contributed by atoms with Crippen LogP contribution in [0, 0.1) is 0 Å². The van der Waals surface area contributed by atoms with Gasteiger partial charge in [-0.15, -0.1) is 0 Å². The Kier molecular flexibility index (Phi) is 4.51. The summed E-state index contributed by atoms with van der Waals surface area (Å²) in [5.74, 6) is 0.353. The minimum absolute atomic E-state index is 0.113. The number of ether oxygens (including phenoxy) is 1. The summed E-state index contributed by atoms with van der Waals surface area (Å²) in [4.78, 5) is 12.1. The van der Waals surface area contributed by atoms with Gasteiger partial charge >= 0.3 is 5.97 Å². The van der Waals surface area contributed by atoms with Gasteiger partial charge < -0.3 is 9.15 Å². The molecule has 0 N–H and O–H groups in total. The summed E-state index contributed by atoms with van der Waals surface area (Å²) < 4.78 is 12.3. The van der Waals surface area contributed by atoms with Crippen LogP contribution in [0.3, 0.4) is 0 Å². The van der Waals surface area contributed by atoms with E-state index in [0.717, 1.165) is 37.3 Å². The fraction of sp³-hybridized carbons (Fsp3) is 0.136. The van der Waals surface area contributed by atoms with E-state index in [2.05, 4.69) is 34.1 Å². The second-order valence-corrected chi connectivity index (χ2v) is 6.97. The highest BCUT2D eigenvalue weighted by molar-refractivity contribution is 9.10. The van der Waals surface area contributed by atoms with Crippen molar-refractivity contribution in [1.82, 2.24) is 0 Å². The number of carbonyl (C=O) groups is 1. The lowest BCUT2D eigenvalue weighted by atomic mass is 9.99. The first-order valence-electron chi connectivity index (χ1n) is 8.52. The van der Waals surface area contributed by atoms with Gasteiger partial charge in [0.05, 0.1) is 6.61 Å². The third-order valence-corrected chi connectivity index (χ3v) is 4.92. The number of benzene rings is 3. The molecule has 1 aromatic heterocycles. The van der Waals surface area contributed by atoms with E-state index in [9.17, 15) is 4.79 Å². The minimum Gasteiger partial charge on any atom is -0.466 e. The molecule has 26 heavy (non-hydrogen) atoms. The molecule has 0 fully saturated rings. The van der Waals surface area contributed by atoms with Gasteiger partial charge in [0.15, 0.2) is 0 Å². The standard InChI is InChI=1S/C22H17BrO3/c1-2-25-20(24)13-19-21(15-7-10-16(23)11-8-15)18-12-9-14-5-3-4-6-17(14)22(18)26-19/h3-12H,2,13H2,1H3. The molecule has 4 heteroatoms. The zero-order valence-corrected chi connectivity index (χ0v) is 15.9. The van der Waals surface area contributed by atoms with Crippen molar-refractivity contribution in [2.75, 3.05) is 6.61 Å². The number of rotatable bonds is 4. The zero-order chi connectivity index (χ0) is 18.1. The van der Waals surface area contributed by atoms with E-state index in [1.54, 1.807) is 6.92 Å². The van der Waals surface area contributed by atoms with Crippen molar-refractivity contribution in [3.05, 3.63) is 70.9 Å². The van der Waals surface area contributed by atoms with Gasteiger partial charge in [-0.1, -0.05) is 58.4 Å². The largest absolute Gasteiger partial charge is 0.466 e. The molecule has 1 heterocycles. The van der Waals surface area contributed by atoms with Crippen LogP contribution in [0.15, 0.2) is 69.6 Å². The second kappa shape index (κ2) is 6.96. The van der Waals surface area contributed by atoms with E-state index in [1.165, 1.54) is 0 Å². The highest BCUT2D eigenvalue weighted by Crippen LogP contribution is 2.39. The van der Waals surface area contributed by atoms with Crippen molar-refractivity contribution in [2.24, 2.45) is 0 Å². The maximum Gasteiger partial charge on any atom is 0.313 e. The molecular formula is C22H17BrO3. The highest BCUT2D eigenvalue weighted by Gasteiger charge is 2.20. The van der Waals surface area contributed by atoms with Crippen LogP contribution in [-0.4, -0.2) is 12.6 Å². The fourth-order valence-electron chi connectivity index (χ4n) is 3.27. The third-order valence-electron chi connectivity index (χ3n) is 4.40. The van der Waals surface area contributed by atoms with E-state index >= 15 is 0 Å². The molecule has 0 aliphatic carbocycles. The molecule has 0 aliphatic rings. The Morgan fingerprint density at radius 2 is 1.77 bits per heavy atom. The molecule has 130 valence electrons. The lowest BCUT2D eigenvalue weighted by Gasteiger charge is -2.04. The Morgan fingerprint density at radius 3 is 2.54 bits per heavy atom. The monoisotopic (exact) mass is 408 g/mol. The first-order valence-corrected chi connectivity index (χ1v) is 9.31. The van der Waals surface area contributed by atoms with Crippen molar-refractivity contribution >= 4 is 43.6 Å². The molecule has 0 unspecified atom stereocenters. The van der Waals surface area contributed by atoms with Gasteiger partial charge in [0, 0.05) is 20.8 Å². The van der Waals surface area contributed by atoms with Gasteiger partial charge in [-0.3, -0.25) is 4.79 Å². The Morgan fingerprint density at radius 1 is 1.00 bits per heavy atom. The number of esters is 1. The Bertz CT molecular complexity index is 1090. The number of fused-ring (bicyclic) bond motifs is 3. The summed E-state index contributed by atoms with van der Waals surface area (Å²) in [5.41, 5.74) is 2.77. The summed E-state index contributed by atoms with van der Waals surface area (Å²) >= 11 is 3.47. The minimum atomic E-state index is -0.283. The van der Waals surface area contributed by atoms with Gasteiger partial charge in [0.1, 0.15) is 17.8 Å². The van der Waals surface area contributed by atoms with Crippen molar-refractivity contribution in [2.45, 2.75) is 13.3 Å². The molecule has 0 spiro atoms. The average molecular weight is 409 g/mol. The molecule has 0 saturated carbocycles. The third kappa shape index (κ3) is 3.01. The van der Waals surface area contributed by atoms with Crippen LogP contribution in [-0.2, 0) is 16.0 Å². The summed E-state index contributed by atoms with van der Waals surface area (Å²) in [5, 5.41) is 3.16. The molecule has 0 amide bonds. The average Bonchev–Trinajstić information content (AvgIpc) is 3.01. The van der Waals surface area contributed by atoms with E-state index < -0.39 is 0 Å². The summed E-state index contributed by atoms with van der Waals surface area (Å²) in [6.07, 6.45) is 0.113. The van der Waals surface area contributed by atoms with Crippen LogP contribution < -0.4 is 0 Å². The number of furan rings is 1. The second-order valence-electron chi connectivity index (χ2n) is 6.05. The number of halogens is 1. The molecule has 0 aliphatic heterocycles. The molecule has 3 nitrogen and oxygen atoms in total. The molecule has 0 atom stereocenters. The Hall–Kier alpha value is -2.59. The number of hydrogen-bond acceptors (Lipinski definition) is 3. The van der Waals surface area contributed by atoms with Gasteiger partial charge in [-0.2, -0.15) is 0 Å². The van der Waals surface area contributed by atoms with Crippen molar-refractivity contribution in [3.63, 3.8) is 0 Å². The van der Waals surface area contributed by atoms with E-state index in [1.807, 2.05) is 42.5 Å². The summed E-state index contributed by atoms with van der Waals surface area (Å²) in [7, 11) is 0. The topological polar surface area (TPSA) is 39.4 Å². The van der Waals surface area contributed by atoms with Crippen LogP contribution in [0.5, 0.6) is 0 Å². The van der Waals surface area contributed by atoms with Crippen LogP contribution in [0.1, 0.15) is 12.7 Å². The van der Waals surface area contributed by atoms with Crippen molar-refractivity contribution < 1.29 is 13.9 Å². The zero-order valence-electron chi connectivity index (χ0n) is 14.3. The first kappa shape index (κ1) is 16.9. The highest BCUT2D eigenvalue weighted by atomic mass is 79.9. The Labute approximate surface area is 159 Å². The van der Waals surface area contributed by atoms with E-state index in [0.29, 0.717) is 12.4 Å². The quantitative estimate of drug-likeness (QED) is 0.381. The number of hydrogen-bond donors (Lipinski definition) is 0. The van der Waals surface area contributed by atoms with Crippen LogP contribution >= 0.6 is 15.9 Å². The lowest BCUT2D eigenvalue weighted by molar-refractivity contribution is -0.142. The predicted molar refractivity (Wildman–Crippen MR) is 107 cm³/mol. The molecule has 0 radical (unpaired) electrons. The number of carbonyl (C=O) groups excluding carboxylic acids is 1. The van der Waals surface area contributed by atoms with Crippen molar-refractivity contribution in [1.29, 1.82) is 0 Å². The molecule has 0 bridgehead atoms. The van der Waals surface area contributed by atoms with Crippen LogP contribution in [0.2, 0.25) is 0 Å². The maximum atomic E-state index is 12.1. The van der Waals surface area contributed by atoms with Crippen LogP contribution in [0.4, 0.5) is 0 Å². The summed E-state index contributed by atoms with van der Waals surface area (Å²) in [6, 6.07) is 20.3. The van der Waals surface area contributed by atoms with E-state index in [4.69, 9.17) is 9.15 Å². The Balaban J connectivity index is 1.97. The summed E-state index contributed by atoms with van der Waals surface area (Å²) in [6.45, 7) is 2.16. The predicted octanol–water partition coefficient (Wildman–Crippen LogP) is 6.12. The van der Waals surface area contributed by atoms with Gasteiger partial charge in [-0.25, -0.2) is 0 Å². The van der Waals surface area contributed by atoms with Gasteiger partial charge in [0.2, 0.25) is 0 Å². The SMILES string of the molecule is CCOC(=O)Cc1oc2c(ccc3ccccc32)c1-c1ccc(Br)cc1. The van der Waals surface area contributed by atoms with Crippen LogP contribution in [0.25, 0.3) is 32.9 Å². The van der Waals surface area contributed by atoms with Gasteiger partial charge in [0.25, 0.3) is 0 Å². The first-order chi connectivity index (χ1) is 12.7. The van der Waals surface area contributed by atoms with Gasteiger partial charge in [-0.05, 0) is 36.1 Å². The molecule has 4 aromatic rings. The molecular weight excluding hydrogens is 392 g/mol. The molecule has 4 rings (SSSR count). The van der Waals surface area contributed by atoms with E-state index in [-0.39, 0.29) is 12.4 Å².